The van der Waals surface area contributed by atoms with E-state index in [9.17, 15) is 0 Å². The first-order chi connectivity index (χ1) is 9.22. The van der Waals surface area contributed by atoms with Gasteiger partial charge in [-0.15, -0.1) is 0 Å². The van der Waals surface area contributed by atoms with E-state index >= 15 is 0 Å². The lowest BCUT2D eigenvalue weighted by atomic mass is 9.88. The van der Waals surface area contributed by atoms with Crippen LogP contribution in [0.1, 0.15) is 38.7 Å². The summed E-state index contributed by atoms with van der Waals surface area (Å²) < 4.78 is 0. The fourth-order valence-electron chi connectivity index (χ4n) is 3.21. The largest absolute Gasteiger partial charge is 0.371 e. The number of benzene rings is 1. The number of hydrogen-bond acceptors (Lipinski definition) is 2. The van der Waals surface area contributed by atoms with Crippen molar-refractivity contribution in [2.75, 3.05) is 24.5 Å². The van der Waals surface area contributed by atoms with Gasteiger partial charge in [0, 0.05) is 18.8 Å². The highest BCUT2D eigenvalue weighted by Crippen LogP contribution is 2.28. The molecule has 1 atom stereocenters. The zero-order valence-corrected chi connectivity index (χ0v) is 12.4. The Balaban J connectivity index is 1.80. The van der Waals surface area contributed by atoms with Crippen LogP contribution in [0.5, 0.6) is 0 Å². The van der Waals surface area contributed by atoms with E-state index in [1.807, 2.05) is 0 Å². The van der Waals surface area contributed by atoms with Crippen LogP contribution in [0.3, 0.4) is 0 Å². The van der Waals surface area contributed by atoms with Gasteiger partial charge in [-0.1, -0.05) is 32.0 Å². The van der Waals surface area contributed by atoms with Gasteiger partial charge in [-0.05, 0) is 55.7 Å². The van der Waals surface area contributed by atoms with E-state index in [2.05, 4.69) is 43.0 Å². The molecule has 0 radical (unpaired) electrons. The highest BCUT2D eigenvalue weighted by Gasteiger charge is 2.18. The first-order valence-corrected chi connectivity index (χ1v) is 7.75. The third kappa shape index (κ3) is 3.73. The van der Waals surface area contributed by atoms with Crippen molar-refractivity contribution in [2.45, 2.75) is 39.5 Å². The molecule has 0 fully saturated rings. The van der Waals surface area contributed by atoms with Crippen molar-refractivity contribution in [2.24, 2.45) is 17.6 Å². The van der Waals surface area contributed by atoms with E-state index in [1.165, 1.54) is 50.0 Å². The number of hydrogen-bond donors (Lipinski definition) is 1. The maximum atomic E-state index is 5.71. The molecule has 2 heteroatoms. The van der Waals surface area contributed by atoms with Gasteiger partial charge >= 0.3 is 0 Å². The predicted octanol–water partition coefficient (Wildman–Crippen LogP) is 3.45. The van der Waals surface area contributed by atoms with E-state index in [0.717, 1.165) is 18.4 Å². The maximum Gasteiger partial charge on any atom is 0.0399 e. The van der Waals surface area contributed by atoms with E-state index in [1.54, 1.807) is 0 Å². The minimum atomic E-state index is 0.759. The van der Waals surface area contributed by atoms with Gasteiger partial charge in [0.15, 0.2) is 0 Å². The Labute approximate surface area is 118 Å². The number of para-hydroxylation sites is 1. The second kappa shape index (κ2) is 6.95. The SMILES string of the molecule is CC(C)C(CCN)CCCN1CCc2ccccc21. The van der Waals surface area contributed by atoms with Crippen molar-refractivity contribution in [1.29, 1.82) is 0 Å². The summed E-state index contributed by atoms with van der Waals surface area (Å²) in [6, 6.07) is 8.84. The number of rotatable bonds is 7. The number of fused-ring (bicyclic) bond motifs is 1. The minimum Gasteiger partial charge on any atom is -0.371 e. The van der Waals surface area contributed by atoms with Gasteiger partial charge in [-0.2, -0.15) is 0 Å². The number of nitrogens with two attached hydrogens (primary N) is 1. The molecule has 2 rings (SSSR count). The first kappa shape index (κ1) is 14.4. The molecule has 19 heavy (non-hydrogen) atoms. The minimum absolute atomic E-state index is 0.759. The lowest BCUT2D eigenvalue weighted by Crippen LogP contribution is -2.23. The molecule has 1 unspecified atom stereocenters. The standard InChI is InChI=1S/C17H28N2/c1-14(2)15(9-11-18)7-5-12-19-13-10-16-6-3-4-8-17(16)19/h3-4,6,8,14-15H,5,7,9-13,18H2,1-2H3. The molecule has 0 bridgehead atoms. The van der Waals surface area contributed by atoms with Crippen molar-refractivity contribution in [1.82, 2.24) is 0 Å². The number of anilines is 1. The lowest BCUT2D eigenvalue weighted by Gasteiger charge is -2.23. The predicted molar refractivity (Wildman–Crippen MR) is 83.6 cm³/mol. The van der Waals surface area contributed by atoms with E-state index in [-0.39, 0.29) is 0 Å². The fourth-order valence-corrected chi connectivity index (χ4v) is 3.21. The van der Waals surface area contributed by atoms with Crippen LogP contribution in [0.15, 0.2) is 24.3 Å². The van der Waals surface area contributed by atoms with Crippen molar-refractivity contribution >= 4 is 5.69 Å². The monoisotopic (exact) mass is 260 g/mol. The second-order valence-electron chi connectivity index (χ2n) is 6.09. The summed E-state index contributed by atoms with van der Waals surface area (Å²) in [6.45, 7) is 7.87. The average Bonchev–Trinajstić information content (AvgIpc) is 2.81. The van der Waals surface area contributed by atoms with Crippen LogP contribution < -0.4 is 10.6 Å². The third-order valence-electron chi connectivity index (χ3n) is 4.47. The zero-order chi connectivity index (χ0) is 13.7. The van der Waals surface area contributed by atoms with Crippen molar-refractivity contribution < 1.29 is 0 Å². The van der Waals surface area contributed by atoms with Crippen molar-refractivity contribution in [3.8, 4) is 0 Å². The quantitative estimate of drug-likeness (QED) is 0.813. The Morgan fingerprint density at radius 3 is 2.74 bits per heavy atom. The van der Waals surface area contributed by atoms with E-state index < -0.39 is 0 Å². The Bertz CT molecular complexity index is 387. The smallest absolute Gasteiger partial charge is 0.0399 e. The molecular weight excluding hydrogens is 232 g/mol. The fraction of sp³-hybridized carbons (Fsp3) is 0.647. The van der Waals surface area contributed by atoms with Crippen LogP contribution >= 0.6 is 0 Å². The Morgan fingerprint density at radius 2 is 2.00 bits per heavy atom. The van der Waals surface area contributed by atoms with Crippen molar-refractivity contribution in [3.63, 3.8) is 0 Å². The van der Waals surface area contributed by atoms with Gasteiger partial charge in [0.1, 0.15) is 0 Å². The van der Waals surface area contributed by atoms with Crippen LogP contribution in [0.4, 0.5) is 5.69 Å². The molecule has 0 saturated heterocycles. The molecule has 1 heterocycles. The van der Waals surface area contributed by atoms with Crippen LogP contribution in [-0.4, -0.2) is 19.6 Å². The topological polar surface area (TPSA) is 29.3 Å². The summed E-state index contributed by atoms with van der Waals surface area (Å²) in [4.78, 5) is 2.55. The molecular formula is C17H28N2. The normalized spacial score (nSPS) is 15.9. The third-order valence-corrected chi connectivity index (χ3v) is 4.47. The van der Waals surface area contributed by atoms with Crippen LogP contribution in [0.25, 0.3) is 0 Å². The highest BCUT2D eigenvalue weighted by atomic mass is 15.1. The zero-order valence-electron chi connectivity index (χ0n) is 12.4. The van der Waals surface area contributed by atoms with Gasteiger partial charge < -0.3 is 10.6 Å². The van der Waals surface area contributed by atoms with Crippen LogP contribution in [-0.2, 0) is 6.42 Å². The summed E-state index contributed by atoms with van der Waals surface area (Å²) in [6.07, 6.45) is 4.99. The maximum absolute atomic E-state index is 5.71. The summed E-state index contributed by atoms with van der Waals surface area (Å²) in [7, 11) is 0. The summed E-state index contributed by atoms with van der Waals surface area (Å²) in [5.41, 5.74) is 8.69. The molecule has 2 nitrogen and oxygen atoms in total. The molecule has 1 aliphatic heterocycles. The van der Waals surface area contributed by atoms with Gasteiger partial charge in [0.25, 0.3) is 0 Å². The molecule has 106 valence electrons. The average molecular weight is 260 g/mol. The van der Waals surface area contributed by atoms with Gasteiger partial charge in [0.2, 0.25) is 0 Å². The van der Waals surface area contributed by atoms with Crippen LogP contribution in [0, 0.1) is 11.8 Å². The highest BCUT2D eigenvalue weighted by molar-refractivity contribution is 5.57. The Kier molecular flexibility index (Phi) is 5.26. The molecule has 0 amide bonds. The van der Waals surface area contributed by atoms with Crippen molar-refractivity contribution in [3.05, 3.63) is 29.8 Å². The first-order valence-electron chi connectivity index (χ1n) is 7.75. The van der Waals surface area contributed by atoms with E-state index in [4.69, 9.17) is 5.73 Å². The molecule has 0 saturated carbocycles. The number of nitrogens with zero attached hydrogens (tertiary/aromatic N) is 1. The van der Waals surface area contributed by atoms with Gasteiger partial charge in [-0.25, -0.2) is 0 Å². The summed E-state index contributed by atoms with van der Waals surface area (Å²) >= 11 is 0. The Hall–Kier alpha value is -1.02. The van der Waals surface area contributed by atoms with Gasteiger partial charge in [0.05, 0.1) is 0 Å². The lowest BCUT2D eigenvalue weighted by molar-refractivity contribution is 0.334. The molecule has 2 N–H and O–H groups in total. The molecule has 1 aromatic carbocycles. The van der Waals surface area contributed by atoms with E-state index in [0.29, 0.717) is 0 Å². The van der Waals surface area contributed by atoms with Gasteiger partial charge in [-0.3, -0.25) is 0 Å². The molecule has 0 aromatic heterocycles. The molecule has 0 spiro atoms. The second-order valence-corrected chi connectivity index (χ2v) is 6.09. The molecule has 1 aliphatic rings. The summed E-state index contributed by atoms with van der Waals surface area (Å²) in [5, 5.41) is 0. The molecule has 1 aromatic rings. The Morgan fingerprint density at radius 1 is 1.21 bits per heavy atom. The molecule has 0 aliphatic carbocycles. The summed E-state index contributed by atoms with van der Waals surface area (Å²) in [5.74, 6) is 1.55. The van der Waals surface area contributed by atoms with Crippen LogP contribution in [0.2, 0.25) is 0 Å².